The number of anilines is 2. The van der Waals surface area contributed by atoms with Gasteiger partial charge in [0.1, 0.15) is 36.8 Å². The molecule has 2 fully saturated rings. The predicted octanol–water partition coefficient (Wildman–Crippen LogP) is 2.97. The summed E-state index contributed by atoms with van der Waals surface area (Å²) in [4.78, 5) is 34.6. The highest BCUT2D eigenvalue weighted by Gasteiger charge is 2.40. The lowest BCUT2D eigenvalue weighted by atomic mass is 10.0. The van der Waals surface area contributed by atoms with Crippen molar-refractivity contribution >= 4 is 58.2 Å². The Morgan fingerprint density at radius 2 is 1.63 bits per heavy atom. The van der Waals surface area contributed by atoms with Crippen molar-refractivity contribution in [2.24, 2.45) is 0 Å². The molecule has 5 atom stereocenters. The third kappa shape index (κ3) is 8.64. The number of hydrogen-bond donors (Lipinski definition) is 5. The van der Waals surface area contributed by atoms with Crippen LogP contribution in [0.2, 0.25) is 10.0 Å². The molecule has 0 radical (unpaired) electrons. The molecule has 0 unspecified atom stereocenters. The topological polar surface area (TPSA) is 157 Å². The third-order valence-corrected chi connectivity index (χ3v) is 11.5. The molecular weight excluding hydrogens is 731 g/mol. The van der Waals surface area contributed by atoms with E-state index in [-0.39, 0.29) is 25.1 Å². The smallest absolute Gasteiger partial charge is 0.253 e. The number of amides is 2. The molecule has 1 aliphatic carbocycles. The van der Waals surface area contributed by atoms with Gasteiger partial charge in [0.2, 0.25) is 5.91 Å². The highest BCUT2D eigenvalue weighted by Crippen LogP contribution is 2.41. The molecule has 3 aromatic carbocycles. The number of benzene rings is 3. The summed E-state index contributed by atoms with van der Waals surface area (Å²) in [6.07, 6.45) is -4.34. The van der Waals surface area contributed by atoms with Crippen molar-refractivity contribution in [1.29, 1.82) is 0 Å². The zero-order valence-electron chi connectivity index (χ0n) is 28.7. The Morgan fingerprint density at radius 1 is 0.942 bits per heavy atom. The molecule has 1 saturated carbocycles. The van der Waals surface area contributed by atoms with Crippen molar-refractivity contribution in [2.75, 3.05) is 54.7 Å². The lowest BCUT2D eigenvalue weighted by molar-refractivity contribution is -0.122. The largest absolute Gasteiger partial charge is 0.487 e. The minimum absolute atomic E-state index is 0.0978. The van der Waals surface area contributed by atoms with Gasteiger partial charge in [-0.3, -0.25) is 14.5 Å². The van der Waals surface area contributed by atoms with E-state index in [1.807, 2.05) is 23.1 Å². The molecule has 2 amide bonds. The van der Waals surface area contributed by atoms with Crippen LogP contribution >= 0.6 is 35.0 Å². The quantitative estimate of drug-likeness (QED) is 0.164. The Bertz CT molecular complexity index is 1730. The fourth-order valence-corrected chi connectivity index (χ4v) is 8.24. The second kappa shape index (κ2) is 16.9. The van der Waals surface area contributed by atoms with Crippen LogP contribution in [0.15, 0.2) is 60.7 Å². The van der Waals surface area contributed by atoms with Gasteiger partial charge >= 0.3 is 0 Å². The van der Waals surface area contributed by atoms with Gasteiger partial charge in [0, 0.05) is 67.6 Å². The molecule has 3 aliphatic rings. The number of hydrogen-bond acceptors (Lipinski definition) is 11. The maximum absolute atomic E-state index is 14.0. The maximum atomic E-state index is 14.0. The average molecular weight is 776 g/mol. The van der Waals surface area contributed by atoms with Crippen LogP contribution in [0.4, 0.5) is 11.4 Å². The molecular formula is C37H44Cl2N4O8S. The molecule has 3 aromatic rings. The van der Waals surface area contributed by atoms with Gasteiger partial charge in [0.15, 0.2) is 0 Å². The van der Waals surface area contributed by atoms with Crippen molar-refractivity contribution in [3.63, 3.8) is 0 Å². The first-order chi connectivity index (χ1) is 25.0. The summed E-state index contributed by atoms with van der Waals surface area (Å²) in [7, 11) is 1.43. The van der Waals surface area contributed by atoms with Crippen LogP contribution in [0.25, 0.3) is 0 Å². The minimum Gasteiger partial charge on any atom is -0.487 e. The molecule has 0 aromatic heterocycles. The van der Waals surface area contributed by atoms with Crippen LogP contribution in [0.1, 0.15) is 34.3 Å². The number of nitrogens with zero attached hydrogens (tertiary/aromatic N) is 4. The lowest BCUT2D eigenvalue weighted by Gasteiger charge is -2.39. The van der Waals surface area contributed by atoms with Crippen molar-refractivity contribution < 1.29 is 39.9 Å². The zero-order chi connectivity index (χ0) is 37.1. The number of fused-ring (bicyclic) bond motifs is 1. The maximum Gasteiger partial charge on any atom is 0.253 e. The fraction of sp³-hybridized carbons (Fsp3) is 0.459. The number of likely N-dealkylation sites (N-methyl/N-ethyl adjacent to an activating group) is 1. The van der Waals surface area contributed by atoms with Gasteiger partial charge in [-0.1, -0.05) is 47.5 Å². The second-order valence-corrected chi connectivity index (χ2v) is 15.3. The minimum atomic E-state index is -1.78. The summed E-state index contributed by atoms with van der Waals surface area (Å²) in [5.41, 5.74) is 3.97. The van der Waals surface area contributed by atoms with E-state index in [0.717, 1.165) is 29.0 Å². The van der Waals surface area contributed by atoms with E-state index >= 15 is 0 Å². The van der Waals surface area contributed by atoms with Crippen molar-refractivity contribution in [3.8, 4) is 5.75 Å². The van der Waals surface area contributed by atoms with Crippen LogP contribution in [0.3, 0.4) is 0 Å². The molecule has 0 spiro atoms. The van der Waals surface area contributed by atoms with Crippen molar-refractivity contribution in [2.45, 2.75) is 62.5 Å². The van der Waals surface area contributed by atoms with E-state index in [9.17, 15) is 30.0 Å². The monoisotopic (exact) mass is 774 g/mol. The van der Waals surface area contributed by atoms with Gasteiger partial charge in [0.05, 0.1) is 29.0 Å². The van der Waals surface area contributed by atoms with Gasteiger partial charge in [-0.15, -0.1) is 11.8 Å². The van der Waals surface area contributed by atoms with E-state index in [0.29, 0.717) is 52.1 Å². The van der Waals surface area contributed by atoms with E-state index < -0.39 is 36.9 Å². The summed E-state index contributed by atoms with van der Waals surface area (Å²) in [6.45, 7) is 0.975. The van der Waals surface area contributed by atoms with Crippen molar-refractivity contribution in [1.82, 2.24) is 9.80 Å². The number of para-hydroxylation sites is 2. The molecule has 280 valence electrons. The molecule has 15 heteroatoms. The van der Waals surface area contributed by atoms with E-state index in [1.54, 1.807) is 48.2 Å². The molecule has 6 rings (SSSR count). The highest BCUT2D eigenvalue weighted by atomic mass is 35.5. The molecule has 5 N–H and O–H groups in total. The summed E-state index contributed by atoms with van der Waals surface area (Å²) in [5, 5.41) is 49.5. The molecule has 52 heavy (non-hydrogen) atoms. The number of carbonyl (C=O) groups excluding carboxylic acids is 2. The number of halogens is 2. The molecule has 2 heterocycles. The van der Waals surface area contributed by atoms with Gasteiger partial charge in [-0.25, -0.2) is 0 Å². The zero-order valence-corrected chi connectivity index (χ0v) is 31.1. The first-order valence-corrected chi connectivity index (χ1v) is 19.1. The van der Waals surface area contributed by atoms with E-state index in [4.69, 9.17) is 33.0 Å². The first-order valence-electron chi connectivity index (χ1n) is 17.2. The van der Waals surface area contributed by atoms with Crippen LogP contribution < -0.4 is 14.5 Å². The van der Waals surface area contributed by atoms with E-state index in [2.05, 4.69) is 15.9 Å². The van der Waals surface area contributed by atoms with Crippen LogP contribution in [0, 0.1) is 0 Å². The van der Waals surface area contributed by atoms with Gasteiger partial charge < -0.3 is 45.0 Å². The highest BCUT2D eigenvalue weighted by molar-refractivity contribution is 7.99. The standard InChI is InChI=1S/C37H44Cl2N4O8S/c1-40(17-31(45)34(47)35(48)32(46)18-44)36(49)23-8-6-22(7-9-23)19-51-33-15-26(38)24(14-27(33)39)16-41-21-52-20-30(41)37(50)43-13-12-42(25-10-11-25)28-4-2-3-5-29(28)43/h2-9,14-15,25,30-32,34-35,44-48H,10-13,16-21H2,1H3/t30-,31-,32+,34+,35+/m0/s1. The first kappa shape index (κ1) is 38.6. The number of aliphatic hydroxyl groups is 5. The van der Waals surface area contributed by atoms with Crippen molar-refractivity contribution in [3.05, 3.63) is 87.4 Å². The number of carbonyl (C=O) groups is 2. The van der Waals surface area contributed by atoms with E-state index in [1.165, 1.54) is 24.8 Å². The predicted molar refractivity (Wildman–Crippen MR) is 201 cm³/mol. The Balaban J connectivity index is 1.04. The Kier molecular flexibility index (Phi) is 12.6. The summed E-state index contributed by atoms with van der Waals surface area (Å²) in [6, 6.07) is 18.5. The van der Waals surface area contributed by atoms with Gasteiger partial charge in [-0.05, 0) is 54.3 Å². The summed E-state index contributed by atoms with van der Waals surface area (Å²) in [5.74, 6) is 1.44. The Hall–Kier alpha value is -3.11. The molecule has 1 saturated heterocycles. The average Bonchev–Trinajstić information content (AvgIpc) is 3.90. The molecule has 2 aliphatic heterocycles. The number of thioether (sulfide) groups is 1. The summed E-state index contributed by atoms with van der Waals surface area (Å²) >= 11 is 15.1. The second-order valence-electron chi connectivity index (χ2n) is 13.5. The SMILES string of the molecule is CN(C[C@H](O)[C@@H](O)[C@H](O)[C@H](O)CO)C(=O)c1ccc(COc2cc(Cl)c(CN3CSC[C@H]3C(=O)N3CCN(C4CC4)c4ccccc43)cc2Cl)cc1. The Labute approximate surface area is 317 Å². The molecule has 0 bridgehead atoms. The third-order valence-electron chi connectivity index (χ3n) is 9.76. The van der Waals surface area contributed by atoms with Gasteiger partial charge in [-0.2, -0.15) is 0 Å². The van der Waals surface area contributed by atoms with Crippen LogP contribution in [0.5, 0.6) is 5.75 Å². The Morgan fingerprint density at radius 3 is 2.33 bits per heavy atom. The normalized spacial score (nSPS) is 19.9. The van der Waals surface area contributed by atoms with Crippen LogP contribution in [-0.4, -0.2) is 129 Å². The lowest BCUT2D eigenvalue weighted by Crippen LogP contribution is -2.52. The number of aliphatic hydroxyl groups excluding tert-OH is 5. The number of rotatable bonds is 14. The number of ether oxygens (including phenoxy) is 1. The van der Waals surface area contributed by atoms with Crippen LogP contribution in [-0.2, 0) is 17.9 Å². The fourth-order valence-electron chi connectivity index (χ4n) is 6.60. The molecule has 12 nitrogen and oxygen atoms in total. The summed E-state index contributed by atoms with van der Waals surface area (Å²) < 4.78 is 5.99. The van der Waals surface area contributed by atoms with Gasteiger partial charge in [0.25, 0.3) is 5.91 Å².